The van der Waals surface area contributed by atoms with E-state index in [0.717, 1.165) is 18.4 Å². The molecule has 0 aliphatic rings. The minimum absolute atomic E-state index is 0.436. The second-order valence-corrected chi connectivity index (χ2v) is 4.34. The van der Waals surface area contributed by atoms with Gasteiger partial charge in [0.25, 0.3) is 0 Å². The fourth-order valence-corrected chi connectivity index (χ4v) is 1.93. The van der Waals surface area contributed by atoms with E-state index in [0.29, 0.717) is 5.75 Å². The molecule has 1 N–H and O–H groups in total. The molecule has 0 spiro atoms. The summed E-state index contributed by atoms with van der Waals surface area (Å²) in [7, 11) is 1.61. The Labute approximate surface area is 104 Å². The number of rotatable bonds is 8. The second kappa shape index (κ2) is 8.07. The standard InChI is InChI=1S/C14H23NO2/c1-3-4-5-6-7-8-13(16)12-9-10-15-11-14(12)17-2/h9-11,13,16H,3-8H2,1-2H3. The molecule has 17 heavy (non-hydrogen) atoms. The topological polar surface area (TPSA) is 42.4 Å². The van der Waals surface area contributed by atoms with Crippen molar-refractivity contribution in [2.75, 3.05) is 7.11 Å². The number of aromatic nitrogens is 1. The quantitative estimate of drug-likeness (QED) is 0.704. The summed E-state index contributed by atoms with van der Waals surface area (Å²) in [6.07, 6.45) is 9.75. The summed E-state index contributed by atoms with van der Waals surface area (Å²) in [5.74, 6) is 0.675. The third kappa shape index (κ3) is 4.73. The highest BCUT2D eigenvalue weighted by Crippen LogP contribution is 2.27. The van der Waals surface area contributed by atoms with Gasteiger partial charge in [0.2, 0.25) is 0 Å². The van der Waals surface area contributed by atoms with E-state index in [2.05, 4.69) is 11.9 Å². The zero-order valence-electron chi connectivity index (χ0n) is 10.9. The van der Waals surface area contributed by atoms with Gasteiger partial charge < -0.3 is 9.84 Å². The molecule has 0 radical (unpaired) electrons. The molecule has 0 aliphatic carbocycles. The Bertz CT molecular complexity index is 315. The number of aliphatic hydroxyl groups excluding tert-OH is 1. The molecule has 1 atom stereocenters. The van der Waals surface area contributed by atoms with Gasteiger partial charge in [0.1, 0.15) is 5.75 Å². The van der Waals surface area contributed by atoms with Crippen LogP contribution in [0.2, 0.25) is 0 Å². The lowest BCUT2D eigenvalue weighted by atomic mass is 10.0. The highest BCUT2D eigenvalue weighted by molar-refractivity contribution is 5.31. The minimum atomic E-state index is -0.436. The molecule has 96 valence electrons. The number of pyridine rings is 1. The van der Waals surface area contributed by atoms with Gasteiger partial charge in [0.15, 0.2) is 0 Å². The van der Waals surface area contributed by atoms with Crippen LogP contribution in [0, 0.1) is 0 Å². The summed E-state index contributed by atoms with van der Waals surface area (Å²) in [5, 5.41) is 10.1. The van der Waals surface area contributed by atoms with Crippen LogP contribution in [0.5, 0.6) is 5.75 Å². The number of nitrogens with zero attached hydrogens (tertiary/aromatic N) is 1. The van der Waals surface area contributed by atoms with Crippen LogP contribution < -0.4 is 4.74 Å². The predicted molar refractivity (Wildman–Crippen MR) is 69.1 cm³/mol. The van der Waals surface area contributed by atoms with E-state index in [1.807, 2.05) is 6.07 Å². The van der Waals surface area contributed by atoms with Crippen molar-refractivity contribution in [3.05, 3.63) is 24.0 Å². The average Bonchev–Trinajstić information content (AvgIpc) is 2.38. The predicted octanol–water partition coefficient (Wildman–Crippen LogP) is 3.48. The van der Waals surface area contributed by atoms with Crippen molar-refractivity contribution in [1.29, 1.82) is 0 Å². The molecule has 0 saturated carbocycles. The van der Waals surface area contributed by atoms with Crippen LogP contribution in [0.1, 0.15) is 57.1 Å². The lowest BCUT2D eigenvalue weighted by molar-refractivity contribution is 0.159. The molecule has 1 aromatic heterocycles. The maximum atomic E-state index is 10.1. The van der Waals surface area contributed by atoms with Crippen LogP contribution in [0.15, 0.2) is 18.5 Å². The molecule has 3 heteroatoms. The van der Waals surface area contributed by atoms with Gasteiger partial charge in [-0.3, -0.25) is 4.98 Å². The van der Waals surface area contributed by atoms with Gasteiger partial charge in [-0.25, -0.2) is 0 Å². The third-order valence-corrected chi connectivity index (χ3v) is 2.98. The van der Waals surface area contributed by atoms with Gasteiger partial charge in [0.05, 0.1) is 19.4 Å². The first-order valence-corrected chi connectivity index (χ1v) is 6.45. The lowest BCUT2D eigenvalue weighted by Gasteiger charge is -2.13. The van der Waals surface area contributed by atoms with E-state index in [9.17, 15) is 5.11 Å². The highest BCUT2D eigenvalue weighted by Gasteiger charge is 2.12. The van der Waals surface area contributed by atoms with Crippen LogP contribution in [-0.2, 0) is 0 Å². The summed E-state index contributed by atoms with van der Waals surface area (Å²) < 4.78 is 5.19. The number of unbranched alkanes of at least 4 members (excludes halogenated alkanes) is 4. The number of methoxy groups -OCH3 is 1. The van der Waals surface area contributed by atoms with Crippen LogP contribution >= 0.6 is 0 Å². The van der Waals surface area contributed by atoms with Crippen molar-refractivity contribution in [2.45, 2.75) is 51.6 Å². The van der Waals surface area contributed by atoms with Gasteiger partial charge in [0, 0.05) is 11.8 Å². The van der Waals surface area contributed by atoms with Crippen LogP contribution in [-0.4, -0.2) is 17.2 Å². The van der Waals surface area contributed by atoms with Crippen molar-refractivity contribution in [2.24, 2.45) is 0 Å². The Kier molecular flexibility index (Phi) is 6.63. The largest absolute Gasteiger partial charge is 0.495 e. The molecule has 0 aliphatic heterocycles. The van der Waals surface area contributed by atoms with Gasteiger partial charge in [-0.1, -0.05) is 39.0 Å². The summed E-state index contributed by atoms with van der Waals surface area (Å²) in [4.78, 5) is 3.98. The molecule has 0 amide bonds. The zero-order valence-corrected chi connectivity index (χ0v) is 10.9. The molecule has 0 fully saturated rings. The lowest BCUT2D eigenvalue weighted by Crippen LogP contribution is -2.01. The fourth-order valence-electron chi connectivity index (χ4n) is 1.93. The molecular weight excluding hydrogens is 214 g/mol. The molecule has 1 aromatic rings. The van der Waals surface area contributed by atoms with Gasteiger partial charge >= 0.3 is 0 Å². The summed E-state index contributed by atoms with van der Waals surface area (Å²) in [6.45, 7) is 2.21. The molecule has 1 heterocycles. The van der Waals surface area contributed by atoms with Crippen LogP contribution in [0.25, 0.3) is 0 Å². The monoisotopic (exact) mass is 237 g/mol. The second-order valence-electron chi connectivity index (χ2n) is 4.34. The summed E-state index contributed by atoms with van der Waals surface area (Å²) >= 11 is 0. The number of hydrogen-bond donors (Lipinski definition) is 1. The maximum Gasteiger partial charge on any atom is 0.142 e. The van der Waals surface area contributed by atoms with Crippen LogP contribution in [0.3, 0.4) is 0 Å². The number of hydrogen-bond acceptors (Lipinski definition) is 3. The normalized spacial score (nSPS) is 12.4. The van der Waals surface area contributed by atoms with E-state index in [1.54, 1.807) is 19.5 Å². The van der Waals surface area contributed by atoms with E-state index in [4.69, 9.17) is 4.74 Å². The molecule has 1 rings (SSSR count). The zero-order chi connectivity index (χ0) is 12.5. The Balaban J connectivity index is 2.38. The molecule has 1 unspecified atom stereocenters. The van der Waals surface area contributed by atoms with Crippen molar-refractivity contribution in [1.82, 2.24) is 4.98 Å². The van der Waals surface area contributed by atoms with E-state index in [-0.39, 0.29) is 0 Å². The smallest absolute Gasteiger partial charge is 0.142 e. The molecule has 3 nitrogen and oxygen atoms in total. The number of ether oxygens (including phenoxy) is 1. The molecular formula is C14H23NO2. The maximum absolute atomic E-state index is 10.1. The third-order valence-electron chi connectivity index (χ3n) is 2.98. The summed E-state index contributed by atoms with van der Waals surface area (Å²) in [6, 6.07) is 1.83. The Morgan fingerprint density at radius 1 is 1.29 bits per heavy atom. The molecule has 0 aromatic carbocycles. The molecule has 0 bridgehead atoms. The van der Waals surface area contributed by atoms with Crippen LogP contribution in [0.4, 0.5) is 0 Å². The highest BCUT2D eigenvalue weighted by atomic mass is 16.5. The van der Waals surface area contributed by atoms with E-state index < -0.39 is 6.10 Å². The minimum Gasteiger partial charge on any atom is -0.495 e. The van der Waals surface area contributed by atoms with Crippen molar-refractivity contribution < 1.29 is 9.84 Å². The SMILES string of the molecule is CCCCCCCC(O)c1ccncc1OC. The van der Waals surface area contributed by atoms with E-state index >= 15 is 0 Å². The number of aliphatic hydroxyl groups is 1. The Morgan fingerprint density at radius 3 is 2.76 bits per heavy atom. The first-order chi connectivity index (χ1) is 8.29. The van der Waals surface area contributed by atoms with Gasteiger partial charge in [-0.15, -0.1) is 0 Å². The molecule has 0 saturated heterocycles. The Morgan fingerprint density at radius 2 is 2.06 bits per heavy atom. The Hall–Kier alpha value is -1.09. The van der Waals surface area contributed by atoms with Crippen molar-refractivity contribution in [3.63, 3.8) is 0 Å². The first-order valence-electron chi connectivity index (χ1n) is 6.45. The average molecular weight is 237 g/mol. The van der Waals surface area contributed by atoms with E-state index in [1.165, 1.54) is 25.7 Å². The van der Waals surface area contributed by atoms with Gasteiger partial charge in [-0.2, -0.15) is 0 Å². The fraction of sp³-hybridized carbons (Fsp3) is 0.643. The van der Waals surface area contributed by atoms with Crippen molar-refractivity contribution >= 4 is 0 Å². The van der Waals surface area contributed by atoms with Crippen molar-refractivity contribution in [3.8, 4) is 5.75 Å². The van der Waals surface area contributed by atoms with Gasteiger partial charge in [-0.05, 0) is 12.5 Å². The summed E-state index contributed by atoms with van der Waals surface area (Å²) in [5.41, 5.74) is 0.845. The first kappa shape index (κ1) is 14.0.